The Bertz CT molecular complexity index is 422. The van der Waals surface area contributed by atoms with Crippen LogP contribution in [0.25, 0.3) is 10.6 Å². The molecule has 1 N–H and O–H groups in total. The number of hydrogen-bond donors (Lipinski definition) is 1. The molecule has 0 bridgehead atoms. The first kappa shape index (κ1) is 8.26. The summed E-state index contributed by atoms with van der Waals surface area (Å²) in [4.78, 5) is 6.35. The van der Waals surface area contributed by atoms with Crippen LogP contribution < -0.4 is 0 Å². The Morgan fingerprint density at radius 2 is 2.15 bits per heavy atom. The number of pyridine rings is 1. The lowest BCUT2D eigenvalue weighted by atomic mass is 10.3. The van der Waals surface area contributed by atoms with Crippen molar-refractivity contribution >= 4 is 11.3 Å². The van der Waals surface area contributed by atoms with Gasteiger partial charge < -0.3 is 5.11 Å². The van der Waals surface area contributed by atoms with Crippen molar-refractivity contribution in [3.05, 3.63) is 35.3 Å². The Kier molecular flexibility index (Phi) is 2.02. The van der Waals surface area contributed by atoms with Crippen LogP contribution in [0.2, 0.25) is 0 Å². The second-order valence-electron chi connectivity index (χ2n) is 2.78. The lowest BCUT2D eigenvalue weighted by molar-refractivity contribution is 0.475. The zero-order chi connectivity index (χ0) is 9.26. The molecule has 0 saturated heterocycles. The van der Waals surface area contributed by atoms with Crippen molar-refractivity contribution in [2.75, 3.05) is 0 Å². The lowest BCUT2D eigenvalue weighted by Crippen LogP contribution is -1.78. The van der Waals surface area contributed by atoms with Crippen LogP contribution in [0.3, 0.4) is 0 Å². The second kappa shape index (κ2) is 3.18. The molecule has 0 radical (unpaired) electrons. The first-order valence-electron chi connectivity index (χ1n) is 3.98. The standard InChI is InChI=1S/C10H9NOS/c1-7-4-5-9(13-7)10-8(12)3-2-6-11-10/h2-6,12H,1H3. The minimum atomic E-state index is 0.240. The summed E-state index contributed by atoms with van der Waals surface area (Å²) >= 11 is 1.63. The summed E-state index contributed by atoms with van der Waals surface area (Å²) in [5, 5.41) is 9.52. The number of aromatic nitrogens is 1. The van der Waals surface area contributed by atoms with Crippen LogP contribution in [-0.2, 0) is 0 Å². The minimum Gasteiger partial charge on any atom is -0.506 e. The highest BCUT2D eigenvalue weighted by Crippen LogP contribution is 2.31. The fourth-order valence-corrected chi connectivity index (χ4v) is 2.02. The number of aromatic hydroxyl groups is 1. The van der Waals surface area contributed by atoms with Crippen molar-refractivity contribution in [1.82, 2.24) is 4.98 Å². The molecule has 0 aromatic carbocycles. The summed E-state index contributed by atoms with van der Waals surface area (Å²) in [5.41, 5.74) is 0.667. The van der Waals surface area contributed by atoms with Gasteiger partial charge in [-0.3, -0.25) is 4.98 Å². The monoisotopic (exact) mass is 191 g/mol. The molecule has 0 aliphatic heterocycles. The van der Waals surface area contributed by atoms with Gasteiger partial charge in [0.05, 0.1) is 4.88 Å². The Morgan fingerprint density at radius 1 is 1.31 bits per heavy atom. The molecule has 66 valence electrons. The first-order chi connectivity index (χ1) is 6.27. The van der Waals surface area contributed by atoms with E-state index < -0.39 is 0 Å². The molecule has 0 fully saturated rings. The summed E-state index contributed by atoms with van der Waals surface area (Å²) < 4.78 is 0. The molecule has 0 aliphatic carbocycles. The van der Waals surface area contributed by atoms with Crippen LogP contribution in [0, 0.1) is 6.92 Å². The number of hydrogen-bond acceptors (Lipinski definition) is 3. The Morgan fingerprint density at radius 3 is 2.77 bits per heavy atom. The third kappa shape index (κ3) is 1.55. The van der Waals surface area contributed by atoms with Crippen molar-refractivity contribution in [1.29, 1.82) is 0 Å². The molecule has 0 aliphatic rings. The molecular weight excluding hydrogens is 182 g/mol. The van der Waals surface area contributed by atoms with E-state index in [4.69, 9.17) is 0 Å². The molecule has 2 heterocycles. The van der Waals surface area contributed by atoms with Crippen LogP contribution in [0.5, 0.6) is 5.75 Å². The molecule has 0 spiro atoms. The average molecular weight is 191 g/mol. The molecule has 0 atom stereocenters. The molecule has 2 aromatic rings. The predicted octanol–water partition coefficient (Wildman–Crippen LogP) is 2.82. The molecule has 2 rings (SSSR count). The normalized spacial score (nSPS) is 10.2. The van der Waals surface area contributed by atoms with E-state index in [1.165, 1.54) is 4.88 Å². The summed E-state index contributed by atoms with van der Waals surface area (Å²) in [7, 11) is 0. The van der Waals surface area contributed by atoms with Gasteiger partial charge in [-0.15, -0.1) is 11.3 Å². The van der Waals surface area contributed by atoms with Gasteiger partial charge in [-0.2, -0.15) is 0 Å². The van der Waals surface area contributed by atoms with Gasteiger partial charge in [-0.25, -0.2) is 0 Å². The topological polar surface area (TPSA) is 33.1 Å². The summed E-state index contributed by atoms with van der Waals surface area (Å²) in [5.74, 6) is 0.240. The van der Waals surface area contributed by atoms with Gasteiger partial charge in [-0.1, -0.05) is 0 Å². The number of nitrogens with zero attached hydrogens (tertiary/aromatic N) is 1. The van der Waals surface area contributed by atoms with Gasteiger partial charge in [-0.05, 0) is 31.2 Å². The first-order valence-corrected chi connectivity index (χ1v) is 4.80. The second-order valence-corrected chi connectivity index (χ2v) is 4.07. The molecule has 13 heavy (non-hydrogen) atoms. The van der Waals surface area contributed by atoms with E-state index in [0.717, 1.165) is 4.88 Å². The van der Waals surface area contributed by atoms with Crippen LogP contribution in [0.1, 0.15) is 4.88 Å². The van der Waals surface area contributed by atoms with E-state index >= 15 is 0 Å². The van der Waals surface area contributed by atoms with Crippen LogP contribution in [-0.4, -0.2) is 10.1 Å². The molecule has 0 amide bonds. The van der Waals surface area contributed by atoms with Gasteiger partial charge >= 0.3 is 0 Å². The van der Waals surface area contributed by atoms with Crippen LogP contribution in [0.4, 0.5) is 0 Å². The van der Waals surface area contributed by atoms with Gasteiger partial charge in [0.25, 0.3) is 0 Å². The van der Waals surface area contributed by atoms with Gasteiger partial charge in [0.2, 0.25) is 0 Å². The van der Waals surface area contributed by atoms with Crippen molar-refractivity contribution in [3.8, 4) is 16.3 Å². The summed E-state index contributed by atoms with van der Waals surface area (Å²) in [6.45, 7) is 2.04. The Labute approximate surface area is 80.5 Å². The Hall–Kier alpha value is -1.35. The number of thiophene rings is 1. The molecule has 0 unspecified atom stereocenters. The van der Waals surface area contributed by atoms with Crippen LogP contribution in [0.15, 0.2) is 30.5 Å². The third-order valence-electron chi connectivity index (χ3n) is 1.76. The maximum Gasteiger partial charge on any atom is 0.142 e. The van der Waals surface area contributed by atoms with E-state index in [1.54, 1.807) is 29.7 Å². The van der Waals surface area contributed by atoms with Gasteiger partial charge in [0.1, 0.15) is 11.4 Å². The Balaban J connectivity index is 2.52. The average Bonchev–Trinajstić information content (AvgIpc) is 2.53. The zero-order valence-corrected chi connectivity index (χ0v) is 8.01. The fraction of sp³-hybridized carbons (Fsp3) is 0.100. The maximum absolute atomic E-state index is 9.52. The van der Waals surface area contributed by atoms with Crippen molar-refractivity contribution in [2.24, 2.45) is 0 Å². The molecule has 0 saturated carbocycles. The van der Waals surface area contributed by atoms with E-state index in [1.807, 2.05) is 19.1 Å². The quantitative estimate of drug-likeness (QED) is 0.751. The van der Waals surface area contributed by atoms with Gasteiger partial charge in [0.15, 0.2) is 0 Å². The van der Waals surface area contributed by atoms with Crippen molar-refractivity contribution < 1.29 is 5.11 Å². The zero-order valence-electron chi connectivity index (χ0n) is 7.19. The fourth-order valence-electron chi connectivity index (χ4n) is 1.15. The van der Waals surface area contributed by atoms with E-state index in [2.05, 4.69) is 4.98 Å². The highest BCUT2D eigenvalue weighted by molar-refractivity contribution is 7.15. The lowest BCUT2D eigenvalue weighted by Gasteiger charge is -1.98. The summed E-state index contributed by atoms with van der Waals surface area (Å²) in [6.07, 6.45) is 1.68. The highest BCUT2D eigenvalue weighted by Gasteiger charge is 2.05. The molecule has 3 heteroatoms. The minimum absolute atomic E-state index is 0.240. The molecule has 2 aromatic heterocycles. The smallest absolute Gasteiger partial charge is 0.142 e. The maximum atomic E-state index is 9.52. The number of aryl methyl sites for hydroxylation is 1. The highest BCUT2D eigenvalue weighted by atomic mass is 32.1. The largest absolute Gasteiger partial charge is 0.506 e. The molecular formula is C10H9NOS. The van der Waals surface area contributed by atoms with Crippen molar-refractivity contribution in [2.45, 2.75) is 6.92 Å². The number of rotatable bonds is 1. The third-order valence-corrected chi connectivity index (χ3v) is 2.77. The van der Waals surface area contributed by atoms with E-state index in [-0.39, 0.29) is 5.75 Å². The molecule has 2 nitrogen and oxygen atoms in total. The van der Waals surface area contributed by atoms with E-state index in [0.29, 0.717) is 5.69 Å². The van der Waals surface area contributed by atoms with E-state index in [9.17, 15) is 5.11 Å². The van der Waals surface area contributed by atoms with Gasteiger partial charge in [0, 0.05) is 11.1 Å². The van der Waals surface area contributed by atoms with Crippen LogP contribution >= 0.6 is 11.3 Å². The SMILES string of the molecule is Cc1ccc(-c2ncccc2O)s1. The summed E-state index contributed by atoms with van der Waals surface area (Å²) in [6, 6.07) is 7.37. The predicted molar refractivity (Wildman–Crippen MR) is 54.0 cm³/mol. The van der Waals surface area contributed by atoms with Crippen molar-refractivity contribution in [3.63, 3.8) is 0 Å².